The molecule has 1 aromatic rings. The first-order chi connectivity index (χ1) is 11.5. The predicted octanol–water partition coefficient (Wildman–Crippen LogP) is 1.04. The average Bonchev–Trinajstić information content (AvgIpc) is 2.57. The summed E-state index contributed by atoms with van der Waals surface area (Å²) in [6.45, 7) is 1.45. The third kappa shape index (κ3) is 4.91. The molecule has 8 nitrogen and oxygen atoms in total. The summed E-state index contributed by atoms with van der Waals surface area (Å²) in [5.74, 6) is -0.694. The first kappa shape index (κ1) is 18.8. The molecule has 0 bridgehead atoms. The van der Waals surface area contributed by atoms with E-state index in [0.29, 0.717) is 5.56 Å². The fraction of sp³-hybridized carbons (Fsp3) is 0.312. The number of methoxy groups -OCH3 is 2. The number of nitrogens with two attached hydrogens (primary N) is 1. The number of rotatable bonds is 8. The Morgan fingerprint density at radius 3 is 2.25 bits per heavy atom. The van der Waals surface area contributed by atoms with E-state index >= 15 is 0 Å². The summed E-state index contributed by atoms with van der Waals surface area (Å²) in [4.78, 5) is 22.6. The van der Waals surface area contributed by atoms with Crippen LogP contribution in [0.3, 0.4) is 0 Å². The summed E-state index contributed by atoms with van der Waals surface area (Å²) in [7, 11) is 2.80. The first-order valence-electron chi connectivity index (χ1n) is 6.92. The van der Waals surface area contributed by atoms with Crippen molar-refractivity contribution < 1.29 is 28.5 Å². The number of ether oxygens (including phenoxy) is 4. The highest BCUT2D eigenvalue weighted by Crippen LogP contribution is 2.39. The van der Waals surface area contributed by atoms with Gasteiger partial charge in [0.15, 0.2) is 18.1 Å². The van der Waals surface area contributed by atoms with Gasteiger partial charge in [0, 0.05) is 0 Å². The molecule has 2 N–H and O–H groups in total. The molecule has 0 unspecified atom stereocenters. The lowest BCUT2D eigenvalue weighted by atomic mass is 10.1. The van der Waals surface area contributed by atoms with E-state index in [1.54, 1.807) is 13.0 Å². The molecule has 0 fully saturated rings. The minimum atomic E-state index is -0.730. The number of nitrogens with zero attached hydrogens (tertiary/aromatic N) is 1. The van der Waals surface area contributed by atoms with Crippen molar-refractivity contribution in [3.8, 4) is 23.3 Å². The molecule has 0 saturated heterocycles. The van der Waals surface area contributed by atoms with Gasteiger partial charge in [-0.3, -0.25) is 4.79 Å². The summed E-state index contributed by atoms with van der Waals surface area (Å²) in [5.41, 5.74) is 5.34. The van der Waals surface area contributed by atoms with Gasteiger partial charge in [-0.2, -0.15) is 5.26 Å². The minimum Gasteiger partial charge on any atom is -0.493 e. The molecule has 1 rings (SSSR count). The molecule has 128 valence electrons. The van der Waals surface area contributed by atoms with E-state index in [4.69, 9.17) is 29.9 Å². The lowest BCUT2D eigenvalue weighted by Gasteiger charge is -2.14. The number of nitriles is 1. The van der Waals surface area contributed by atoms with Crippen molar-refractivity contribution in [1.82, 2.24) is 0 Å². The second-order valence-corrected chi connectivity index (χ2v) is 4.40. The van der Waals surface area contributed by atoms with E-state index in [-0.39, 0.29) is 36.0 Å². The van der Waals surface area contributed by atoms with E-state index in [2.05, 4.69) is 0 Å². The molecule has 0 aliphatic rings. The number of benzene rings is 1. The Kier molecular flexibility index (Phi) is 7.10. The van der Waals surface area contributed by atoms with Crippen molar-refractivity contribution in [2.45, 2.75) is 6.92 Å². The Hall–Kier alpha value is -3.21. The third-order valence-electron chi connectivity index (χ3n) is 2.77. The number of carbonyl (C=O) groups is 2. The lowest BCUT2D eigenvalue weighted by Crippen LogP contribution is -2.20. The van der Waals surface area contributed by atoms with Gasteiger partial charge >= 0.3 is 5.97 Å². The maximum Gasteiger partial charge on any atom is 0.348 e. The molecule has 1 amide bonds. The second kappa shape index (κ2) is 9.05. The van der Waals surface area contributed by atoms with Crippen molar-refractivity contribution in [2.75, 3.05) is 27.4 Å². The quantitative estimate of drug-likeness (QED) is 0.428. The highest BCUT2D eigenvalue weighted by Gasteiger charge is 2.16. The number of amides is 1. The van der Waals surface area contributed by atoms with Crippen molar-refractivity contribution >= 4 is 18.0 Å². The molecule has 0 atom stereocenters. The molecule has 0 aliphatic carbocycles. The summed E-state index contributed by atoms with van der Waals surface area (Å²) < 4.78 is 20.5. The van der Waals surface area contributed by atoms with Crippen LogP contribution in [0.15, 0.2) is 17.7 Å². The van der Waals surface area contributed by atoms with Crippen LogP contribution in [-0.2, 0) is 14.3 Å². The molecule has 24 heavy (non-hydrogen) atoms. The van der Waals surface area contributed by atoms with Crippen LogP contribution in [-0.4, -0.2) is 39.3 Å². The number of carbonyl (C=O) groups excluding carboxylic acids is 2. The third-order valence-corrected chi connectivity index (χ3v) is 2.77. The van der Waals surface area contributed by atoms with E-state index in [1.165, 1.54) is 32.4 Å². The number of hydrogen-bond acceptors (Lipinski definition) is 7. The molecule has 0 radical (unpaired) electrons. The zero-order valence-electron chi connectivity index (χ0n) is 13.6. The highest BCUT2D eigenvalue weighted by molar-refractivity contribution is 5.98. The Labute approximate surface area is 139 Å². The zero-order valence-corrected chi connectivity index (χ0v) is 13.6. The fourth-order valence-electron chi connectivity index (χ4n) is 1.78. The van der Waals surface area contributed by atoms with Gasteiger partial charge in [-0.05, 0) is 30.7 Å². The first-order valence-corrected chi connectivity index (χ1v) is 6.92. The van der Waals surface area contributed by atoms with Crippen LogP contribution >= 0.6 is 0 Å². The Balaban J connectivity index is 3.29. The van der Waals surface area contributed by atoms with Crippen molar-refractivity contribution in [3.05, 3.63) is 23.3 Å². The van der Waals surface area contributed by atoms with E-state index in [1.807, 2.05) is 0 Å². The Morgan fingerprint density at radius 2 is 1.83 bits per heavy atom. The van der Waals surface area contributed by atoms with E-state index in [0.717, 1.165) is 0 Å². The maximum absolute atomic E-state index is 11.7. The van der Waals surface area contributed by atoms with Crippen LogP contribution in [0.4, 0.5) is 0 Å². The predicted molar refractivity (Wildman–Crippen MR) is 84.5 cm³/mol. The van der Waals surface area contributed by atoms with E-state index in [9.17, 15) is 9.59 Å². The summed E-state index contributed by atoms with van der Waals surface area (Å²) in [5, 5.41) is 9.08. The molecule has 8 heteroatoms. The average molecular weight is 334 g/mol. The zero-order chi connectivity index (χ0) is 18.1. The molecule has 0 heterocycles. The summed E-state index contributed by atoms with van der Waals surface area (Å²) in [6.07, 6.45) is 1.33. The maximum atomic E-state index is 11.7. The molecule has 0 aromatic heterocycles. The van der Waals surface area contributed by atoms with Crippen LogP contribution < -0.4 is 19.9 Å². The molecule has 0 aliphatic heterocycles. The number of primary amides is 1. The van der Waals surface area contributed by atoms with Crippen LogP contribution in [0.2, 0.25) is 0 Å². The van der Waals surface area contributed by atoms with Gasteiger partial charge in [-0.25, -0.2) is 4.79 Å². The van der Waals surface area contributed by atoms with Gasteiger partial charge in [0.2, 0.25) is 5.75 Å². The van der Waals surface area contributed by atoms with Crippen LogP contribution in [0.1, 0.15) is 12.5 Å². The van der Waals surface area contributed by atoms with Gasteiger partial charge in [0.1, 0.15) is 11.6 Å². The SMILES string of the molecule is CCOC(=O)/C(C#N)=C/c1cc(OC)c(OCC(N)=O)c(OC)c1. The molecular weight excluding hydrogens is 316 g/mol. The fourth-order valence-corrected chi connectivity index (χ4v) is 1.78. The van der Waals surface area contributed by atoms with Crippen molar-refractivity contribution in [2.24, 2.45) is 5.73 Å². The highest BCUT2D eigenvalue weighted by atomic mass is 16.5. The lowest BCUT2D eigenvalue weighted by molar-refractivity contribution is -0.137. The second-order valence-electron chi connectivity index (χ2n) is 4.40. The summed E-state index contributed by atoms with van der Waals surface area (Å²) >= 11 is 0. The molecule has 1 aromatic carbocycles. The van der Waals surface area contributed by atoms with Gasteiger partial charge in [0.25, 0.3) is 5.91 Å². The normalized spacial score (nSPS) is 10.5. The van der Waals surface area contributed by atoms with Crippen molar-refractivity contribution in [1.29, 1.82) is 5.26 Å². The molecule has 0 spiro atoms. The van der Waals surface area contributed by atoms with Crippen LogP contribution in [0.5, 0.6) is 17.2 Å². The van der Waals surface area contributed by atoms with Crippen molar-refractivity contribution in [3.63, 3.8) is 0 Å². The summed E-state index contributed by atoms with van der Waals surface area (Å²) in [6, 6.07) is 4.82. The largest absolute Gasteiger partial charge is 0.493 e. The standard InChI is InChI=1S/C16H18N2O6/c1-4-23-16(20)11(8-17)5-10-6-12(21-2)15(13(7-10)22-3)24-9-14(18)19/h5-7H,4,9H2,1-3H3,(H2,18,19)/b11-5+. The smallest absolute Gasteiger partial charge is 0.348 e. The van der Waals surface area contributed by atoms with Gasteiger partial charge in [-0.15, -0.1) is 0 Å². The molecule has 0 saturated carbocycles. The van der Waals surface area contributed by atoms with E-state index < -0.39 is 11.9 Å². The number of esters is 1. The van der Waals surface area contributed by atoms with Gasteiger partial charge < -0.3 is 24.7 Å². The number of hydrogen-bond donors (Lipinski definition) is 1. The Bertz CT molecular complexity index is 665. The van der Waals surface area contributed by atoms with Crippen LogP contribution in [0.25, 0.3) is 6.08 Å². The van der Waals surface area contributed by atoms with Gasteiger partial charge in [-0.1, -0.05) is 0 Å². The topological polar surface area (TPSA) is 121 Å². The Morgan fingerprint density at radius 1 is 1.25 bits per heavy atom. The molecular formula is C16H18N2O6. The monoisotopic (exact) mass is 334 g/mol. The van der Waals surface area contributed by atoms with Gasteiger partial charge in [0.05, 0.1) is 20.8 Å². The van der Waals surface area contributed by atoms with Crippen LogP contribution in [0, 0.1) is 11.3 Å². The minimum absolute atomic E-state index is 0.157.